The van der Waals surface area contributed by atoms with E-state index in [0.717, 1.165) is 11.1 Å². The Kier molecular flexibility index (Phi) is 16.7. The average Bonchev–Trinajstić information content (AvgIpc) is 3.12. The number of pyridine rings is 1. The van der Waals surface area contributed by atoms with Crippen molar-refractivity contribution in [3.05, 3.63) is 101 Å². The molecule has 4 atom stereocenters. The molecule has 13 heteroatoms. The van der Waals surface area contributed by atoms with Crippen LogP contribution < -0.4 is 32.7 Å². The van der Waals surface area contributed by atoms with E-state index >= 15 is 0 Å². The van der Waals surface area contributed by atoms with Crippen molar-refractivity contribution in [2.24, 2.45) is 17.4 Å². The minimum absolute atomic E-state index is 0.00766. The van der Waals surface area contributed by atoms with Gasteiger partial charge in [-0.3, -0.25) is 19.2 Å². The molecule has 0 saturated heterocycles. The molecular weight excluding hydrogens is 650 g/mol. The molecule has 4 amide bonds. The lowest BCUT2D eigenvalue weighted by Crippen LogP contribution is -2.58. The average molecular weight is 702 g/mol. The predicted molar refractivity (Wildman–Crippen MR) is 194 cm³/mol. The van der Waals surface area contributed by atoms with E-state index in [-0.39, 0.29) is 37.4 Å². The lowest BCUT2D eigenvalue weighted by atomic mass is 9.99. The Morgan fingerprint density at radius 2 is 1.31 bits per heavy atom. The van der Waals surface area contributed by atoms with Crippen LogP contribution in [0.2, 0.25) is 0 Å². The second kappa shape index (κ2) is 21.2. The molecule has 274 valence electrons. The van der Waals surface area contributed by atoms with Gasteiger partial charge in [0, 0.05) is 6.42 Å². The molecule has 3 aromatic rings. The van der Waals surface area contributed by atoms with Gasteiger partial charge in [-0.05, 0) is 74.2 Å². The third-order valence-corrected chi connectivity index (χ3v) is 8.23. The number of aromatic carboxylic acids is 1. The number of aryl methyl sites for hydroxylation is 1. The van der Waals surface area contributed by atoms with Crippen LogP contribution >= 0.6 is 0 Å². The molecule has 3 rings (SSSR count). The highest BCUT2D eigenvalue weighted by Crippen LogP contribution is 2.11. The van der Waals surface area contributed by atoms with Crippen molar-refractivity contribution in [2.75, 3.05) is 6.54 Å². The number of nitrogens with two attached hydrogens (primary N) is 2. The Morgan fingerprint density at radius 1 is 0.706 bits per heavy atom. The van der Waals surface area contributed by atoms with Gasteiger partial charge in [-0.1, -0.05) is 80.6 Å². The number of benzene rings is 2. The summed E-state index contributed by atoms with van der Waals surface area (Å²) in [6.45, 7) is 4.17. The molecule has 0 radical (unpaired) electrons. The Hall–Kier alpha value is -5.14. The van der Waals surface area contributed by atoms with Gasteiger partial charge >= 0.3 is 5.97 Å². The maximum Gasteiger partial charge on any atom is 0.354 e. The molecule has 0 unspecified atom stereocenters. The molecule has 51 heavy (non-hydrogen) atoms. The van der Waals surface area contributed by atoms with E-state index in [1.54, 1.807) is 6.07 Å². The Balaban J connectivity index is 1.74. The molecule has 0 aliphatic carbocycles. The van der Waals surface area contributed by atoms with Crippen molar-refractivity contribution in [1.29, 1.82) is 0 Å². The number of carboxylic acid groups (broad SMARTS) is 1. The minimum atomic E-state index is -1.19. The fourth-order valence-electron chi connectivity index (χ4n) is 5.44. The highest BCUT2D eigenvalue weighted by atomic mass is 16.4. The molecule has 1 aromatic heterocycles. The van der Waals surface area contributed by atoms with E-state index in [1.165, 1.54) is 12.1 Å². The number of carbonyl (C=O) groups excluding carboxylic acids is 4. The summed E-state index contributed by atoms with van der Waals surface area (Å²) in [6, 6.07) is 19.5. The number of nitrogens with zero attached hydrogens (tertiary/aromatic N) is 1. The second-order valence-corrected chi connectivity index (χ2v) is 13.0. The minimum Gasteiger partial charge on any atom is -0.477 e. The number of carboxylic acids is 1. The topological polar surface area (TPSA) is 219 Å². The summed E-state index contributed by atoms with van der Waals surface area (Å²) in [5.41, 5.74) is 14.0. The van der Waals surface area contributed by atoms with Crippen LogP contribution in [0.3, 0.4) is 0 Å². The van der Waals surface area contributed by atoms with Gasteiger partial charge in [-0.15, -0.1) is 0 Å². The van der Waals surface area contributed by atoms with Crippen LogP contribution in [-0.2, 0) is 38.6 Å². The van der Waals surface area contributed by atoms with Gasteiger partial charge in [0.2, 0.25) is 23.6 Å². The first-order valence-electron chi connectivity index (χ1n) is 17.4. The zero-order valence-corrected chi connectivity index (χ0v) is 29.3. The highest BCUT2D eigenvalue weighted by molar-refractivity contribution is 5.95. The van der Waals surface area contributed by atoms with E-state index in [0.29, 0.717) is 37.9 Å². The fraction of sp³-hybridized carbons (Fsp3) is 0.421. The lowest BCUT2D eigenvalue weighted by Gasteiger charge is -2.27. The zero-order chi connectivity index (χ0) is 37.2. The van der Waals surface area contributed by atoms with Crippen molar-refractivity contribution in [2.45, 2.75) is 89.5 Å². The van der Waals surface area contributed by atoms with Gasteiger partial charge in [-0.2, -0.15) is 0 Å². The second-order valence-electron chi connectivity index (χ2n) is 13.0. The third kappa shape index (κ3) is 14.3. The number of amides is 4. The predicted octanol–water partition coefficient (Wildman–Crippen LogP) is 2.23. The quantitative estimate of drug-likeness (QED) is 0.0809. The number of nitrogens with one attached hydrogen (secondary N) is 4. The largest absolute Gasteiger partial charge is 0.477 e. The monoisotopic (exact) mass is 701 g/mol. The van der Waals surface area contributed by atoms with Crippen molar-refractivity contribution < 1.29 is 29.1 Å². The normalized spacial score (nSPS) is 13.4. The van der Waals surface area contributed by atoms with E-state index < -0.39 is 53.8 Å². The molecular formula is C38H51N7O6. The number of unbranched alkanes of at least 4 members (excludes halogenated alkanes) is 1. The standard InChI is InChI=1S/C38H51N7O6/c1-25(2)22-32(36(48)43-30(17-9-10-21-39)35(47)41-24-28-16-11-18-31(42-28)38(50)51)45-37(49)33(23-27-14-7-4-8-15-27)44-34(46)29(40)20-19-26-12-5-3-6-13-26/h3-8,11-16,18,25,29-30,32-33H,9-10,17,19-24,39-40H2,1-2H3,(H,41,47)(H,43,48)(H,44,46)(H,45,49)(H,50,51)/t29-,30-,32-,33-/m1/s1. The molecule has 1 heterocycles. The zero-order valence-electron chi connectivity index (χ0n) is 29.3. The molecule has 0 fully saturated rings. The first-order chi connectivity index (χ1) is 24.5. The summed E-state index contributed by atoms with van der Waals surface area (Å²) in [5, 5.41) is 20.4. The van der Waals surface area contributed by atoms with Crippen molar-refractivity contribution in [3.8, 4) is 0 Å². The SMILES string of the molecule is CC(C)C[C@@H](NC(=O)[C@@H](Cc1ccccc1)NC(=O)[C@H](N)CCc1ccccc1)C(=O)N[C@H](CCCCN)C(=O)NCc1cccc(C(=O)O)n1. The lowest BCUT2D eigenvalue weighted by molar-refractivity contribution is -0.134. The summed E-state index contributed by atoms with van der Waals surface area (Å²) >= 11 is 0. The Morgan fingerprint density at radius 3 is 1.94 bits per heavy atom. The summed E-state index contributed by atoms with van der Waals surface area (Å²) < 4.78 is 0. The van der Waals surface area contributed by atoms with Crippen molar-refractivity contribution in [3.63, 3.8) is 0 Å². The number of hydrogen-bond donors (Lipinski definition) is 7. The van der Waals surface area contributed by atoms with Crippen LogP contribution in [-0.4, -0.2) is 70.4 Å². The molecule has 0 spiro atoms. The summed E-state index contributed by atoms with van der Waals surface area (Å²) in [4.78, 5) is 69.5. The van der Waals surface area contributed by atoms with E-state index in [2.05, 4.69) is 26.3 Å². The van der Waals surface area contributed by atoms with Crippen LogP contribution in [0, 0.1) is 5.92 Å². The summed E-state index contributed by atoms with van der Waals surface area (Å²) in [7, 11) is 0. The number of hydrogen-bond acceptors (Lipinski definition) is 8. The third-order valence-electron chi connectivity index (χ3n) is 8.23. The fourth-order valence-corrected chi connectivity index (χ4v) is 5.44. The summed E-state index contributed by atoms with van der Waals surface area (Å²) in [5.74, 6) is -3.28. The maximum atomic E-state index is 13.9. The maximum absolute atomic E-state index is 13.9. The van der Waals surface area contributed by atoms with Gasteiger partial charge in [0.15, 0.2) is 0 Å². The molecule has 0 aliphatic heterocycles. The first-order valence-corrected chi connectivity index (χ1v) is 17.4. The Bertz CT molecular complexity index is 1570. The molecule has 13 nitrogen and oxygen atoms in total. The molecule has 0 aliphatic rings. The van der Waals surface area contributed by atoms with Crippen molar-refractivity contribution >= 4 is 29.6 Å². The smallest absolute Gasteiger partial charge is 0.354 e. The van der Waals surface area contributed by atoms with Gasteiger partial charge in [-0.25, -0.2) is 9.78 Å². The molecule has 9 N–H and O–H groups in total. The summed E-state index contributed by atoms with van der Waals surface area (Å²) in [6.07, 6.45) is 2.87. The van der Waals surface area contributed by atoms with Crippen LogP contribution in [0.25, 0.3) is 0 Å². The van der Waals surface area contributed by atoms with Gasteiger partial charge in [0.1, 0.15) is 23.8 Å². The molecule has 2 aromatic carbocycles. The first kappa shape index (κ1) is 40.3. The highest BCUT2D eigenvalue weighted by Gasteiger charge is 2.31. The van der Waals surface area contributed by atoms with Crippen LogP contribution in [0.15, 0.2) is 78.9 Å². The van der Waals surface area contributed by atoms with Crippen LogP contribution in [0.1, 0.15) is 73.3 Å². The molecule has 0 saturated carbocycles. The number of aromatic nitrogens is 1. The van der Waals surface area contributed by atoms with Gasteiger partial charge in [0.05, 0.1) is 18.3 Å². The van der Waals surface area contributed by atoms with Gasteiger partial charge < -0.3 is 37.8 Å². The number of rotatable bonds is 21. The van der Waals surface area contributed by atoms with Crippen molar-refractivity contribution in [1.82, 2.24) is 26.3 Å². The van der Waals surface area contributed by atoms with Crippen LogP contribution in [0.4, 0.5) is 0 Å². The van der Waals surface area contributed by atoms with E-state index in [9.17, 15) is 29.1 Å². The van der Waals surface area contributed by atoms with E-state index in [1.807, 2.05) is 74.5 Å². The number of carbonyl (C=O) groups is 5. The Labute approximate surface area is 299 Å². The van der Waals surface area contributed by atoms with Gasteiger partial charge in [0.25, 0.3) is 0 Å². The van der Waals surface area contributed by atoms with Crippen LogP contribution in [0.5, 0.6) is 0 Å². The molecule has 0 bridgehead atoms. The van der Waals surface area contributed by atoms with E-state index in [4.69, 9.17) is 11.5 Å².